The third-order valence-corrected chi connectivity index (χ3v) is 1.73. The lowest BCUT2D eigenvalue weighted by Crippen LogP contribution is -2.32. The molecule has 76 valence electrons. The quantitative estimate of drug-likeness (QED) is 0.372. The molecule has 0 spiro atoms. The number of hydroxylamine groups is 1. The molecule has 14 heavy (non-hydrogen) atoms. The molecule has 0 heterocycles. The van der Waals surface area contributed by atoms with Crippen molar-refractivity contribution in [3.8, 4) is 5.75 Å². The van der Waals surface area contributed by atoms with Crippen molar-refractivity contribution < 1.29 is 9.94 Å². The summed E-state index contributed by atoms with van der Waals surface area (Å²) in [6.45, 7) is 0.454. The van der Waals surface area contributed by atoms with E-state index >= 15 is 0 Å². The minimum Gasteiger partial charge on any atom is -0.497 e. The Morgan fingerprint density at radius 2 is 2.14 bits per heavy atom. The minimum absolute atomic E-state index is 0.454. The van der Waals surface area contributed by atoms with Gasteiger partial charge < -0.3 is 4.74 Å². The molecule has 3 N–H and O–H groups in total. The van der Waals surface area contributed by atoms with Crippen LogP contribution in [0.25, 0.3) is 0 Å². The average molecular weight is 195 g/mol. The number of ether oxygens (including phenoxy) is 1. The first kappa shape index (κ1) is 10.5. The van der Waals surface area contributed by atoms with Crippen LogP contribution in [0.15, 0.2) is 24.3 Å². The molecule has 0 radical (unpaired) electrons. The Kier molecular flexibility index (Phi) is 3.90. The molecule has 0 aliphatic carbocycles. The van der Waals surface area contributed by atoms with Crippen LogP contribution in [0.4, 0.5) is 0 Å². The first-order chi connectivity index (χ1) is 6.76. The number of benzene rings is 1. The van der Waals surface area contributed by atoms with Crippen molar-refractivity contribution in [2.75, 3.05) is 7.11 Å². The Hall–Kier alpha value is -1.59. The van der Waals surface area contributed by atoms with E-state index in [4.69, 9.17) is 15.4 Å². The summed E-state index contributed by atoms with van der Waals surface area (Å²) in [4.78, 5) is 0. The number of nitrogens with zero attached hydrogens (tertiary/aromatic N) is 1. The van der Waals surface area contributed by atoms with Crippen molar-refractivity contribution in [3.05, 3.63) is 29.8 Å². The van der Waals surface area contributed by atoms with Gasteiger partial charge in [0.2, 0.25) is 0 Å². The molecule has 0 saturated heterocycles. The molecular formula is C9H13N3O2. The molecule has 0 aromatic heterocycles. The molecular weight excluding hydrogens is 182 g/mol. The summed E-state index contributed by atoms with van der Waals surface area (Å²) < 4.78 is 5.00. The van der Waals surface area contributed by atoms with Gasteiger partial charge in [-0.2, -0.15) is 5.17 Å². The van der Waals surface area contributed by atoms with Crippen molar-refractivity contribution in [3.63, 3.8) is 0 Å². The van der Waals surface area contributed by atoms with E-state index in [2.05, 4.69) is 5.43 Å². The van der Waals surface area contributed by atoms with Crippen LogP contribution in [0.2, 0.25) is 0 Å². The van der Waals surface area contributed by atoms with Crippen LogP contribution in [0, 0.1) is 5.41 Å². The van der Waals surface area contributed by atoms with Gasteiger partial charge in [-0.1, -0.05) is 12.1 Å². The molecule has 0 bridgehead atoms. The first-order valence-electron chi connectivity index (χ1n) is 4.11. The maximum absolute atomic E-state index is 8.87. The topological polar surface area (TPSA) is 68.6 Å². The smallest absolute Gasteiger partial charge is 0.126 e. The Labute approximate surface area is 82.4 Å². The summed E-state index contributed by atoms with van der Waals surface area (Å²) in [5.41, 5.74) is 3.58. The van der Waals surface area contributed by atoms with Crippen LogP contribution in [0.5, 0.6) is 5.75 Å². The lowest BCUT2D eigenvalue weighted by molar-refractivity contribution is -0.0599. The third kappa shape index (κ3) is 3.04. The fraction of sp³-hybridized carbons (Fsp3) is 0.222. The molecule has 1 rings (SSSR count). The summed E-state index contributed by atoms with van der Waals surface area (Å²) in [7, 11) is 1.61. The number of hydrazine groups is 1. The standard InChI is InChI=1S/C9H13N3O2/c1-14-9-4-2-8(3-5-9)6-11-12(13)7-10/h2-5,7,10-11,13H,6H2,1H3. The lowest BCUT2D eigenvalue weighted by Gasteiger charge is -2.11. The fourth-order valence-electron chi connectivity index (χ4n) is 0.961. The lowest BCUT2D eigenvalue weighted by atomic mass is 10.2. The summed E-state index contributed by atoms with van der Waals surface area (Å²) in [6, 6.07) is 7.43. The van der Waals surface area contributed by atoms with Crippen LogP contribution in [-0.2, 0) is 6.54 Å². The molecule has 1 aromatic carbocycles. The van der Waals surface area contributed by atoms with Gasteiger partial charge in [0, 0.05) is 6.54 Å². The highest BCUT2D eigenvalue weighted by atomic mass is 16.5. The summed E-state index contributed by atoms with van der Waals surface area (Å²) >= 11 is 0. The zero-order valence-corrected chi connectivity index (χ0v) is 7.90. The van der Waals surface area contributed by atoms with E-state index < -0.39 is 0 Å². The van der Waals surface area contributed by atoms with E-state index in [1.165, 1.54) is 0 Å². The highest BCUT2D eigenvalue weighted by Crippen LogP contribution is 2.10. The van der Waals surface area contributed by atoms with Gasteiger partial charge in [-0.15, -0.1) is 0 Å². The van der Waals surface area contributed by atoms with Gasteiger partial charge in [0.25, 0.3) is 0 Å². The molecule has 0 amide bonds. The molecule has 0 aliphatic heterocycles. The number of hydrogen-bond donors (Lipinski definition) is 3. The summed E-state index contributed by atoms with van der Waals surface area (Å²) in [5.74, 6) is 0.793. The van der Waals surface area contributed by atoms with Gasteiger partial charge in [0.15, 0.2) is 0 Å². The Morgan fingerprint density at radius 1 is 1.50 bits per heavy atom. The summed E-state index contributed by atoms with van der Waals surface area (Å²) in [6.07, 6.45) is 0.781. The molecule has 0 fully saturated rings. The largest absolute Gasteiger partial charge is 0.497 e. The Bertz CT molecular complexity index is 287. The van der Waals surface area contributed by atoms with E-state index in [1.54, 1.807) is 7.11 Å². The van der Waals surface area contributed by atoms with E-state index in [0.29, 0.717) is 11.7 Å². The second kappa shape index (κ2) is 5.21. The van der Waals surface area contributed by atoms with Crippen molar-refractivity contribution in [1.82, 2.24) is 10.6 Å². The van der Waals surface area contributed by atoms with E-state index in [0.717, 1.165) is 17.7 Å². The second-order valence-electron chi connectivity index (χ2n) is 2.66. The van der Waals surface area contributed by atoms with Crippen LogP contribution in [-0.4, -0.2) is 23.8 Å². The van der Waals surface area contributed by atoms with Gasteiger partial charge >= 0.3 is 0 Å². The number of nitrogens with one attached hydrogen (secondary N) is 2. The SMILES string of the molecule is COc1ccc(CNN(O)C=N)cc1. The third-order valence-electron chi connectivity index (χ3n) is 1.73. The second-order valence-corrected chi connectivity index (χ2v) is 2.66. The minimum atomic E-state index is 0.454. The van der Waals surface area contributed by atoms with E-state index in [1.807, 2.05) is 24.3 Å². The molecule has 0 unspecified atom stereocenters. The van der Waals surface area contributed by atoms with Crippen molar-refractivity contribution in [2.45, 2.75) is 6.54 Å². The number of hydrogen-bond acceptors (Lipinski definition) is 4. The molecule has 0 aliphatic rings. The van der Waals surface area contributed by atoms with E-state index in [-0.39, 0.29) is 0 Å². The van der Waals surface area contributed by atoms with Crippen molar-refractivity contribution in [1.29, 1.82) is 5.41 Å². The molecule has 5 nitrogen and oxygen atoms in total. The zero-order chi connectivity index (χ0) is 10.4. The van der Waals surface area contributed by atoms with Gasteiger partial charge in [-0.05, 0) is 17.7 Å². The van der Waals surface area contributed by atoms with Crippen molar-refractivity contribution >= 4 is 6.34 Å². The summed E-state index contributed by atoms with van der Waals surface area (Å²) in [5, 5.41) is 16.2. The monoisotopic (exact) mass is 195 g/mol. The average Bonchev–Trinajstić information content (AvgIpc) is 2.26. The Balaban J connectivity index is 2.47. The fourth-order valence-corrected chi connectivity index (χ4v) is 0.961. The number of methoxy groups -OCH3 is 1. The maximum Gasteiger partial charge on any atom is 0.126 e. The molecule has 0 saturated carbocycles. The normalized spacial score (nSPS) is 9.57. The van der Waals surface area contributed by atoms with Crippen LogP contribution < -0.4 is 10.2 Å². The van der Waals surface area contributed by atoms with Gasteiger partial charge in [-0.25, -0.2) is 5.43 Å². The van der Waals surface area contributed by atoms with Gasteiger partial charge in [-0.3, -0.25) is 10.6 Å². The van der Waals surface area contributed by atoms with Gasteiger partial charge in [0.05, 0.1) is 7.11 Å². The van der Waals surface area contributed by atoms with E-state index in [9.17, 15) is 0 Å². The molecule has 5 heteroatoms. The predicted octanol–water partition coefficient (Wildman–Crippen LogP) is 0.998. The highest BCUT2D eigenvalue weighted by molar-refractivity contribution is 5.47. The van der Waals surface area contributed by atoms with Crippen LogP contribution >= 0.6 is 0 Å². The highest BCUT2D eigenvalue weighted by Gasteiger charge is 1.95. The maximum atomic E-state index is 8.87. The van der Waals surface area contributed by atoms with Crippen LogP contribution in [0.3, 0.4) is 0 Å². The number of rotatable bonds is 5. The first-order valence-corrected chi connectivity index (χ1v) is 4.11. The predicted molar refractivity (Wildman–Crippen MR) is 52.2 cm³/mol. The zero-order valence-electron chi connectivity index (χ0n) is 7.90. The van der Waals surface area contributed by atoms with Crippen molar-refractivity contribution in [2.24, 2.45) is 0 Å². The van der Waals surface area contributed by atoms with Crippen LogP contribution in [0.1, 0.15) is 5.56 Å². The van der Waals surface area contributed by atoms with Gasteiger partial charge in [0.1, 0.15) is 12.1 Å². The molecule has 1 aromatic rings. The Morgan fingerprint density at radius 3 is 2.64 bits per heavy atom. The molecule has 0 atom stereocenters.